The second-order valence-electron chi connectivity index (χ2n) is 4.16. The zero-order chi connectivity index (χ0) is 13.1. The number of nitrogens with zero attached hydrogens (tertiary/aromatic N) is 2. The van der Waals surface area contributed by atoms with Gasteiger partial charge in [0.1, 0.15) is 11.6 Å². The zero-order valence-electron chi connectivity index (χ0n) is 10.3. The molecule has 0 amide bonds. The van der Waals surface area contributed by atoms with E-state index in [4.69, 9.17) is 0 Å². The van der Waals surface area contributed by atoms with Gasteiger partial charge in [0.2, 0.25) is 0 Å². The molecule has 1 N–H and O–H groups in total. The second-order valence-corrected chi connectivity index (χ2v) is 4.16. The number of halogens is 1. The van der Waals surface area contributed by atoms with Crippen LogP contribution in [-0.4, -0.2) is 17.1 Å². The average molecular weight is 246 g/mol. The molecule has 0 spiro atoms. The van der Waals surface area contributed by atoms with Crippen molar-refractivity contribution in [1.82, 2.24) is 4.98 Å². The first-order valence-corrected chi connectivity index (χ1v) is 5.71. The summed E-state index contributed by atoms with van der Waals surface area (Å²) in [6, 6.07) is 9.86. The highest BCUT2D eigenvalue weighted by Gasteiger charge is 2.07. The molecule has 0 aliphatic carbocycles. The Morgan fingerprint density at radius 2 is 1.83 bits per heavy atom. The van der Waals surface area contributed by atoms with Gasteiger partial charge in [0.25, 0.3) is 0 Å². The Bertz CT molecular complexity index is 508. The van der Waals surface area contributed by atoms with Crippen molar-refractivity contribution in [2.75, 3.05) is 11.9 Å². The van der Waals surface area contributed by atoms with Gasteiger partial charge in [-0.15, -0.1) is 0 Å². The minimum absolute atomic E-state index is 0.260. The van der Waals surface area contributed by atoms with Crippen molar-refractivity contribution in [1.29, 1.82) is 0 Å². The number of aromatic nitrogens is 1. The fourth-order valence-electron chi connectivity index (χ4n) is 1.64. The van der Waals surface area contributed by atoms with E-state index in [0.717, 1.165) is 17.1 Å². The van der Waals surface area contributed by atoms with E-state index in [2.05, 4.69) is 4.98 Å². The van der Waals surface area contributed by atoms with E-state index in [0.29, 0.717) is 0 Å². The molecule has 1 aromatic carbocycles. The average Bonchev–Trinajstić information content (AvgIpc) is 2.39. The van der Waals surface area contributed by atoms with Crippen LogP contribution in [0.2, 0.25) is 0 Å². The Morgan fingerprint density at radius 1 is 1.17 bits per heavy atom. The van der Waals surface area contributed by atoms with Crippen LogP contribution in [0.3, 0.4) is 0 Å². The van der Waals surface area contributed by atoms with Gasteiger partial charge in [-0.05, 0) is 42.8 Å². The molecule has 4 heteroatoms. The highest BCUT2D eigenvalue weighted by atomic mass is 19.1. The molecule has 0 radical (unpaired) electrons. The number of aliphatic hydroxyl groups excluding tert-OH is 1. The lowest BCUT2D eigenvalue weighted by Crippen LogP contribution is -2.11. The molecule has 0 aliphatic rings. The van der Waals surface area contributed by atoms with Crippen LogP contribution in [0.4, 0.5) is 15.9 Å². The molecule has 0 unspecified atom stereocenters. The van der Waals surface area contributed by atoms with Gasteiger partial charge in [-0.1, -0.05) is 6.07 Å². The number of anilines is 2. The summed E-state index contributed by atoms with van der Waals surface area (Å²) < 4.78 is 12.8. The van der Waals surface area contributed by atoms with Crippen molar-refractivity contribution >= 4 is 11.5 Å². The highest BCUT2D eigenvalue weighted by Crippen LogP contribution is 2.22. The first-order valence-electron chi connectivity index (χ1n) is 5.71. The Hall–Kier alpha value is -1.94. The lowest BCUT2D eigenvalue weighted by Gasteiger charge is -2.18. The standard InChI is InChI=1S/C14H15FN2O/c1-10(18)11-3-8-14(16-9-11)17(2)13-6-4-12(15)5-7-13/h3-10,18H,1-2H3/t10-/m0/s1. The van der Waals surface area contributed by atoms with Crippen molar-refractivity contribution < 1.29 is 9.50 Å². The molecular weight excluding hydrogens is 231 g/mol. The predicted octanol–water partition coefficient (Wildman–Crippen LogP) is 3.04. The van der Waals surface area contributed by atoms with Crippen LogP contribution in [0.1, 0.15) is 18.6 Å². The Balaban J connectivity index is 2.23. The number of rotatable bonds is 3. The molecule has 0 fully saturated rings. The molecule has 3 nitrogen and oxygen atoms in total. The minimum atomic E-state index is -0.525. The van der Waals surface area contributed by atoms with E-state index in [-0.39, 0.29) is 5.82 Å². The maximum Gasteiger partial charge on any atom is 0.132 e. The van der Waals surface area contributed by atoms with E-state index in [1.807, 2.05) is 24.1 Å². The lowest BCUT2D eigenvalue weighted by molar-refractivity contribution is 0.199. The van der Waals surface area contributed by atoms with Gasteiger partial charge in [-0.25, -0.2) is 9.37 Å². The molecule has 0 saturated heterocycles. The number of aliphatic hydroxyl groups is 1. The van der Waals surface area contributed by atoms with Crippen LogP contribution < -0.4 is 4.90 Å². The summed E-state index contributed by atoms with van der Waals surface area (Å²) in [5, 5.41) is 9.41. The summed E-state index contributed by atoms with van der Waals surface area (Å²) in [4.78, 5) is 6.12. The number of hydrogen-bond donors (Lipinski definition) is 1. The molecule has 1 heterocycles. The SMILES string of the molecule is C[C@H](O)c1ccc(N(C)c2ccc(F)cc2)nc1. The molecular formula is C14H15FN2O. The van der Waals surface area contributed by atoms with Crippen molar-refractivity contribution in [2.45, 2.75) is 13.0 Å². The topological polar surface area (TPSA) is 36.4 Å². The Labute approximate surface area is 106 Å². The first kappa shape index (κ1) is 12.5. The van der Waals surface area contributed by atoms with Crippen LogP contribution in [0.5, 0.6) is 0 Å². The molecule has 2 rings (SSSR count). The number of benzene rings is 1. The van der Waals surface area contributed by atoms with Crippen molar-refractivity contribution in [3.05, 3.63) is 54.0 Å². The maximum atomic E-state index is 12.8. The summed E-state index contributed by atoms with van der Waals surface area (Å²) in [7, 11) is 1.86. The predicted molar refractivity (Wildman–Crippen MR) is 69.3 cm³/mol. The molecule has 18 heavy (non-hydrogen) atoms. The smallest absolute Gasteiger partial charge is 0.132 e. The molecule has 1 atom stereocenters. The molecule has 0 aliphatic heterocycles. The third-order valence-corrected chi connectivity index (χ3v) is 2.81. The minimum Gasteiger partial charge on any atom is -0.389 e. The fourth-order valence-corrected chi connectivity index (χ4v) is 1.64. The van der Waals surface area contributed by atoms with Crippen LogP contribution >= 0.6 is 0 Å². The summed E-state index contributed by atoms with van der Waals surface area (Å²) in [5.74, 6) is 0.482. The largest absolute Gasteiger partial charge is 0.389 e. The van der Waals surface area contributed by atoms with E-state index in [9.17, 15) is 9.50 Å². The normalized spacial score (nSPS) is 12.2. The Kier molecular flexibility index (Phi) is 3.58. The summed E-state index contributed by atoms with van der Waals surface area (Å²) >= 11 is 0. The molecule has 94 valence electrons. The van der Waals surface area contributed by atoms with E-state index in [1.54, 1.807) is 25.3 Å². The highest BCUT2D eigenvalue weighted by molar-refractivity contribution is 5.58. The van der Waals surface area contributed by atoms with E-state index in [1.165, 1.54) is 12.1 Å². The monoisotopic (exact) mass is 246 g/mol. The maximum absolute atomic E-state index is 12.8. The third kappa shape index (κ3) is 2.65. The van der Waals surface area contributed by atoms with Gasteiger partial charge in [-0.3, -0.25) is 0 Å². The van der Waals surface area contributed by atoms with Gasteiger partial charge in [0.15, 0.2) is 0 Å². The second kappa shape index (κ2) is 5.14. The summed E-state index contributed by atoms with van der Waals surface area (Å²) in [6.45, 7) is 1.69. The van der Waals surface area contributed by atoms with E-state index >= 15 is 0 Å². The van der Waals surface area contributed by atoms with Gasteiger partial charge >= 0.3 is 0 Å². The van der Waals surface area contributed by atoms with Crippen LogP contribution in [0.25, 0.3) is 0 Å². The van der Waals surface area contributed by atoms with Crippen molar-refractivity contribution in [3.8, 4) is 0 Å². The summed E-state index contributed by atoms with van der Waals surface area (Å²) in [6.07, 6.45) is 1.11. The molecule has 0 bridgehead atoms. The van der Waals surface area contributed by atoms with Gasteiger partial charge in [-0.2, -0.15) is 0 Å². The van der Waals surface area contributed by atoms with Crippen LogP contribution in [-0.2, 0) is 0 Å². The third-order valence-electron chi connectivity index (χ3n) is 2.81. The lowest BCUT2D eigenvalue weighted by atomic mass is 10.2. The van der Waals surface area contributed by atoms with Crippen molar-refractivity contribution in [3.63, 3.8) is 0 Å². The van der Waals surface area contributed by atoms with Crippen molar-refractivity contribution in [2.24, 2.45) is 0 Å². The van der Waals surface area contributed by atoms with Gasteiger partial charge in [0, 0.05) is 18.9 Å². The van der Waals surface area contributed by atoms with E-state index < -0.39 is 6.10 Å². The fraction of sp³-hybridized carbons (Fsp3) is 0.214. The quantitative estimate of drug-likeness (QED) is 0.904. The van der Waals surface area contributed by atoms with Gasteiger partial charge < -0.3 is 10.0 Å². The molecule has 0 saturated carbocycles. The first-order chi connectivity index (χ1) is 8.58. The zero-order valence-corrected chi connectivity index (χ0v) is 10.3. The summed E-state index contributed by atoms with van der Waals surface area (Å²) in [5.41, 5.74) is 1.62. The Morgan fingerprint density at radius 3 is 2.33 bits per heavy atom. The number of pyridine rings is 1. The number of hydrogen-bond acceptors (Lipinski definition) is 3. The van der Waals surface area contributed by atoms with Gasteiger partial charge in [0.05, 0.1) is 6.10 Å². The van der Waals surface area contributed by atoms with Crippen LogP contribution in [0.15, 0.2) is 42.6 Å². The van der Waals surface area contributed by atoms with Crippen LogP contribution in [0, 0.1) is 5.82 Å². The molecule has 1 aromatic heterocycles. The molecule has 2 aromatic rings.